The van der Waals surface area contributed by atoms with Gasteiger partial charge in [-0.2, -0.15) is 9.97 Å². The summed E-state index contributed by atoms with van der Waals surface area (Å²) in [4.78, 5) is 25.2. The number of fused-ring (bicyclic) bond motifs is 4. The van der Waals surface area contributed by atoms with E-state index in [1.165, 1.54) is 4.90 Å². The molecule has 1 aromatic carbocycles. The largest absolute Gasteiger partial charge is 0.461 e. The number of carbonyl (C=O) groups excluding carboxylic acids is 1. The number of ether oxygens (including phenoxy) is 2. The van der Waals surface area contributed by atoms with Gasteiger partial charge in [0.15, 0.2) is 5.82 Å². The van der Waals surface area contributed by atoms with E-state index >= 15 is 13.2 Å². The molecule has 1 aromatic heterocycles. The Kier molecular flexibility index (Phi) is 6.64. The van der Waals surface area contributed by atoms with E-state index < -0.39 is 64.2 Å². The van der Waals surface area contributed by atoms with Crippen LogP contribution in [0.25, 0.3) is 10.9 Å². The van der Waals surface area contributed by atoms with Crippen LogP contribution in [0.4, 0.5) is 32.6 Å². The van der Waals surface area contributed by atoms with Gasteiger partial charge in [-0.3, -0.25) is 4.90 Å². The van der Waals surface area contributed by atoms with E-state index in [4.69, 9.17) is 9.47 Å². The Bertz CT molecular complexity index is 1390. The van der Waals surface area contributed by atoms with Crippen molar-refractivity contribution in [3.63, 3.8) is 0 Å². The molecular weight excluding hydrogens is 617 g/mol. The molecule has 4 fully saturated rings. The fraction of sp³-hybridized carbons (Fsp3) is 0.667. The summed E-state index contributed by atoms with van der Waals surface area (Å²) in [5.74, 6) is -7.05. The SMILES string of the molecule is CC(C)(C)OC(=O)N1C2(F)CCC1(F)CN(c1nc(OC[C@@]34CCCN3C[C@H](F)C4)nc3c(F)c(Br)c(F)cc13)C2. The van der Waals surface area contributed by atoms with E-state index in [9.17, 15) is 13.6 Å². The quantitative estimate of drug-likeness (QED) is 0.236. The number of benzene rings is 1. The molecule has 4 aliphatic heterocycles. The Balaban J connectivity index is 1.37. The van der Waals surface area contributed by atoms with E-state index in [2.05, 4.69) is 25.9 Å². The average molecular weight is 648 g/mol. The summed E-state index contributed by atoms with van der Waals surface area (Å²) in [5, 5.41) is -0.113. The first kappa shape index (κ1) is 28.6. The van der Waals surface area contributed by atoms with E-state index in [1.54, 1.807) is 20.8 Å². The zero-order chi connectivity index (χ0) is 29.5. The maximum atomic E-state index is 16.3. The molecule has 1 amide bonds. The minimum atomic E-state index is -2.47. The minimum absolute atomic E-state index is 0.0366. The topological polar surface area (TPSA) is 71.0 Å². The predicted molar refractivity (Wildman–Crippen MR) is 143 cm³/mol. The number of amides is 1. The summed E-state index contributed by atoms with van der Waals surface area (Å²) in [6.45, 7) is 4.80. The van der Waals surface area contributed by atoms with Crippen molar-refractivity contribution in [2.75, 3.05) is 37.7 Å². The molecule has 5 heterocycles. The van der Waals surface area contributed by atoms with Crippen molar-refractivity contribution < 1.29 is 36.2 Å². The molecule has 0 spiro atoms. The Hall–Kier alpha value is -2.48. The standard InChI is InChI=1S/C27H31BrF5N5O3/c1-24(2,3)41-23(39)38-26(32)6-7-27(38,33)13-36(12-26)21-16-9-17(30)18(28)19(31)20(16)34-22(35-21)40-14-25-5-4-8-37(25)11-15(29)10-25/h9,15H,4-8,10-14H2,1-3H3/t15-,25+,26?,27?/m1/s1. The fourth-order valence-electron chi connectivity index (χ4n) is 6.78. The van der Waals surface area contributed by atoms with Crippen LogP contribution < -0.4 is 9.64 Å². The van der Waals surface area contributed by atoms with Gasteiger partial charge in [-0.05, 0) is 62.2 Å². The van der Waals surface area contributed by atoms with Crippen molar-refractivity contribution in [1.82, 2.24) is 19.8 Å². The highest BCUT2D eigenvalue weighted by Gasteiger charge is 2.65. The second-order valence-corrected chi connectivity index (χ2v) is 13.4. The molecule has 4 atom stereocenters. The Morgan fingerprint density at radius 1 is 1.15 bits per heavy atom. The van der Waals surface area contributed by atoms with Gasteiger partial charge in [-0.15, -0.1) is 0 Å². The molecule has 2 bridgehead atoms. The molecule has 41 heavy (non-hydrogen) atoms. The Morgan fingerprint density at radius 3 is 2.49 bits per heavy atom. The molecule has 4 aliphatic rings. The third kappa shape index (κ3) is 4.78. The Morgan fingerprint density at radius 2 is 1.83 bits per heavy atom. The van der Waals surface area contributed by atoms with Crippen LogP contribution >= 0.6 is 15.9 Å². The van der Waals surface area contributed by atoms with Gasteiger partial charge in [0.05, 0.1) is 23.1 Å². The zero-order valence-electron chi connectivity index (χ0n) is 23.0. The van der Waals surface area contributed by atoms with Crippen molar-refractivity contribution in [3.8, 4) is 6.01 Å². The number of halogens is 6. The van der Waals surface area contributed by atoms with Gasteiger partial charge in [-0.25, -0.2) is 31.6 Å². The molecule has 8 nitrogen and oxygen atoms in total. The van der Waals surface area contributed by atoms with Crippen LogP contribution in [0.5, 0.6) is 6.01 Å². The molecule has 0 aliphatic carbocycles. The van der Waals surface area contributed by atoms with Crippen molar-refractivity contribution >= 4 is 38.7 Å². The second-order valence-electron chi connectivity index (χ2n) is 12.6. The van der Waals surface area contributed by atoms with Gasteiger partial charge in [0.25, 0.3) is 0 Å². The van der Waals surface area contributed by atoms with Crippen LogP contribution in [0.2, 0.25) is 0 Å². The maximum Gasteiger partial charge on any atom is 0.415 e. The molecule has 0 radical (unpaired) electrons. The number of anilines is 1. The fourth-order valence-corrected chi connectivity index (χ4v) is 7.08. The number of nitrogens with zero attached hydrogens (tertiary/aromatic N) is 5. The molecule has 2 aromatic rings. The third-order valence-corrected chi connectivity index (χ3v) is 9.18. The summed E-state index contributed by atoms with van der Waals surface area (Å²) in [6.07, 6.45) is -0.868. The lowest BCUT2D eigenvalue weighted by molar-refractivity contribution is -0.115. The molecule has 4 saturated heterocycles. The monoisotopic (exact) mass is 647 g/mol. The number of hydrogen-bond acceptors (Lipinski definition) is 7. The van der Waals surface area contributed by atoms with Crippen LogP contribution in [0.15, 0.2) is 10.5 Å². The lowest BCUT2D eigenvalue weighted by atomic mass is 9.95. The molecule has 2 unspecified atom stereocenters. The Labute approximate surface area is 242 Å². The van der Waals surface area contributed by atoms with Gasteiger partial charge in [-0.1, -0.05) is 0 Å². The number of piperazine rings is 1. The van der Waals surface area contributed by atoms with Gasteiger partial charge >= 0.3 is 12.1 Å². The van der Waals surface area contributed by atoms with Gasteiger partial charge in [0.1, 0.15) is 35.5 Å². The summed E-state index contributed by atoms with van der Waals surface area (Å²) in [6, 6.07) is 0.706. The second kappa shape index (κ2) is 9.51. The van der Waals surface area contributed by atoms with E-state index in [0.717, 1.165) is 19.0 Å². The number of alkyl halides is 3. The van der Waals surface area contributed by atoms with Gasteiger partial charge < -0.3 is 14.4 Å². The van der Waals surface area contributed by atoms with Crippen LogP contribution in [0.3, 0.4) is 0 Å². The lowest BCUT2D eigenvalue weighted by Gasteiger charge is -2.47. The number of aromatic nitrogens is 2. The number of hydrogen-bond donors (Lipinski definition) is 0. The van der Waals surface area contributed by atoms with Crippen molar-refractivity contribution in [2.45, 2.75) is 81.8 Å². The predicted octanol–water partition coefficient (Wildman–Crippen LogP) is 5.81. The third-order valence-electron chi connectivity index (χ3n) is 8.45. The van der Waals surface area contributed by atoms with Crippen molar-refractivity contribution in [1.29, 1.82) is 0 Å². The van der Waals surface area contributed by atoms with E-state index in [-0.39, 0.29) is 48.6 Å². The molecule has 14 heteroatoms. The summed E-state index contributed by atoms with van der Waals surface area (Å²) in [5.41, 5.74) is -1.84. The summed E-state index contributed by atoms with van der Waals surface area (Å²) < 4.78 is 87.7. The van der Waals surface area contributed by atoms with Gasteiger partial charge in [0, 0.05) is 31.2 Å². The van der Waals surface area contributed by atoms with Crippen LogP contribution in [0, 0.1) is 11.6 Å². The number of rotatable bonds is 4. The minimum Gasteiger partial charge on any atom is -0.461 e. The highest BCUT2D eigenvalue weighted by Crippen LogP contribution is 2.50. The molecule has 6 rings (SSSR count). The molecule has 224 valence electrons. The van der Waals surface area contributed by atoms with Crippen LogP contribution in [-0.4, -0.2) is 87.5 Å². The molecular formula is C27H31BrF5N5O3. The number of carbonyl (C=O) groups is 1. The van der Waals surface area contributed by atoms with Crippen molar-refractivity contribution in [3.05, 3.63) is 22.2 Å². The average Bonchev–Trinajstić information content (AvgIpc) is 3.44. The highest BCUT2D eigenvalue weighted by molar-refractivity contribution is 9.10. The molecule has 0 N–H and O–H groups in total. The first-order valence-electron chi connectivity index (χ1n) is 13.7. The smallest absolute Gasteiger partial charge is 0.415 e. The van der Waals surface area contributed by atoms with Crippen LogP contribution in [-0.2, 0) is 4.74 Å². The maximum absolute atomic E-state index is 16.3. The van der Waals surface area contributed by atoms with E-state index in [1.807, 2.05) is 4.90 Å². The summed E-state index contributed by atoms with van der Waals surface area (Å²) >= 11 is 2.88. The van der Waals surface area contributed by atoms with Crippen LogP contribution in [0.1, 0.15) is 52.9 Å². The van der Waals surface area contributed by atoms with Crippen molar-refractivity contribution in [2.24, 2.45) is 0 Å². The normalized spacial score (nSPS) is 31.7. The highest BCUT2D eigenvalue weighted by atomic mass is 79.9. The van der Waals surface area contributed by atoms with Gasteiger partial charge in [0.2, 0.25) is 11.6 Å². The van der Waals surface area contributed by atoms with E-state index in [0.29, 0.717) is 17.9 Å². The first-order chi connectivity index (χ1) is 19.1. The lowest BCUT2D eigenvalue weighted by Crippen LogP contribution is -2.66. The zero-order valence-corrected chi connectivity index (χ0v) is 24.5. The first-order valence-corrected chi connectivity index (χ1v) is 14.5. The molecule has 0 saturated carbocycles. The summed E-state index contributed by atoms with van der Waals surface area (Å²) in [7, 11) is 0.